The first-order chi connectivity index (χ1) is 10.9. The van der Waals surface area contributed by atoms with E-state index >= 15 is 0 Å². The number of hydrogen-bond donors (Lipinski definition) is 0. The van der Waals surface area contributed by atoms with Crippen LogP contribution in [-0.4, -0.2) is 49.9 Å². The number of para-hydroxylation sites is 1. The summed E-state index contributed by atoms with van der Waals surface area (Å²) in [5, 5.41) is 0. The Balaban J connectivity index is 2.00. The molecule has 1 amide bonds. The monoisotopic (exact) mass is 451 g/mol. The third-order valence-corrected chi connectivity index (χ3v) is 6.55. The second-order valence-electron chi connectivity index (χ2n) is 5.72. The second-order valence-corrected chi connectivity index (χ2v) is 9.11. The summed E-state index contributed by atoms with van der Waals surface area (Å²) in [7, 11) is -3.01. The normalized spacial score (nSPS) is 19.5. The molecule has 23 heavy (non-hydrogen) atoms. The molecule has 1 saturated heterocycles. The maximum atomic E-state index is 12.5. The van der Waals surface area contributed by atoms with Gasteiger partial charge in [0.1, 0.15) is 5.75 Å². The molecule has 1 heterocycles. The molecule has 128 valence electrons. The minimum Gasteiger partial charge on any atom is -0.483 e. The summed E-state index contributed by atoms with van der Waals surface area (Å²) >= 11 is 2.16. The van der Waals surface area contributed by atoms with Crippen molar-refractivity contribution in [3.63, 3.8) is 0 Å². The number of carbonyl (C=O) groups is 1. The van der Waals surface area contributed by atoms with Gasteiger partial charge in [0.25, 0.3) is 5.91 Å². The van der Waals surface area contributed by atoms with Crippen LogP contribution in [0.1, 0.15) is 26.2 Å². The first kappa shape index (κ1) is 18.5. The van der Waals surface area contributed by atoms with Crippen LogP contribution in [0.5, 0.6) is 5.75 Å². The van der Waals surface area contributed by atoms with E-state index < -0.39 is 9.84 Å². The van der Waals surface area contributed by atoms with E-state index in [4.69, 9.17) is 4.74 Å². The van der Waals surface area contributed by atoms with Crippen molar-refractivity contribution in [2.24, 2.45) is 0 Å². The van der Waals surface area contributed by atoms with Gasteiger partial charge in [-0.3, -0.25) is 4.79 Å². The maximum Gasteiger partial charge on any atom is 0.260 e. The fourth-order valence-electron chi connectivity index (χ4n) is 2.64. The summed E-state index contributed by atoms with van der Waals surface area (Å²) in [6.07, 6.45) is 2.35. The van der Waals surface area contributed by atoms with Crippen LogP contribution >= 0.6 is 22.6 Å². The molecule has 2 rings (SSSR count). The Morgan fingerprint density at radius 3 is 2.74 bits per heavy atom. The number of nitrogens with zero attached hydrogens (tertiary/aromatic N) is 1. The van der Waals surface area contributed by atoms with Crippen molar-refractivity contribution in [3.05, 3.63) is 27.8 Å². The van der Waals surface area contributed by atoms with Crippen LogP contribution in [0, 0.1) is 3.57 Å². The molecule has 1 aliphatic heterocycles. The van der Waals surface area contributed by atoms with Gasteiger partial charge in [0.15, 0.2) is 16.4 Å². The molecule has 1 aromatic carbocycles. The van der Waals surface area contributed by atoms with Gasteiger partial charge >= 0.3 is 0 Å². The highest BCUT2D eigenvalue weighted by Crippen LogP contribution is 2.21. The summed E-state index contributed by atoms with van der Waals surface area (Å²) in [6.45, 7) is 2.59. The number of sulfone groups is 1. The lowest BCUT2D eigenvalue weighted by molar-refractivity contribution is -0.135. The summed E-state index contributed by atoms with van der Waals surface area (Å²) < 4.78 is 30.0. The van der Waals surface area contributed by atoms with Crippen LogP contribution in [0.4, 0.5) is 0 Å². The lowest BCUT2D eigenvalue weighted by Crippen LogP contribution is -2.44. The van der Waals surface area contributed by atoms with Gasteiger partial charge in [0.2, 0.25) is 0 Å². The lowest BCUT2D eigenvalue weighted by Gasteiger charge is -2.28. The van der Waals surface area contributed by atoms with Crippen molar-refractivity contribution < 1.29 is 17.9 Å². The van der Waals surface area contributed by atoms with E-state index in [2.05, 4.69) is 29.5 Å². The third kappa shape index (κ3) is 5.34. The zero-order valence-electron chi connectivity index (χ0n) is 13.2. The van der Waals surface area contributed by atoms with E-state index in [0.717, 1.165) is 16.4 Å². The van der Waals surface area contributed by atoms with Gasteiger partial charge in [-0.05, 0) is 47.6 Å². The molecular weight excluding hydrogens is 429 g/mol. The van der Waals surface area contributed by atoms with Crippen molar-refractivity contribution in [2.75, 3.05) is 24.7 Å². The Kier molecular flexibility index (Phi) is 6.70. The summed E-state index contributed by atoms with van der Waals surface area (Å²) in [4.78, 5) is 14.2. The fourth-order valence-corrected chi connectivity index (χ4v) is 4.92. The number of carbonyl (C=O) groups excluding carboxylic acids is 1. The van der Waals surface area contributed by atoms with Gasteiger partial charge in [-0.2, -0.15) is 0 Å². The average molecular weight is 451 g/mol. The van der Waals surface area contributed by atoms with Crippen LogP contribution < -0.4 is 4.74 Å². The van der Waals surface area contributed by atoms with Gasteiger partial charge in [0, 0.05) is 12.6 Å². The molecule has 7 heteroatoms. The number of benzene rings is 1. The van der Waals surface area contributed by atoms with Gasteiger partial charge < -0.3 is 9.64 Å². The van der Waals surface area contributed by atoms with E-state index in [0.29, 0.717) is 18.7 Å². The number of unbranched alkanes of at least 4 members (excludes halogenated alkanes) is 1. The Morgan fingerprint density at radius 1 is 1.39 bits per heavy atom. The van der Waals surface area contributed by atoms with E-state index in [1.807, 2.05) is 24.3 Å². The molecule has 0 aromatic heterocycles. The number of hydrogen-bond acceptors (Lipinski definition) is 4. The molecule has 1 atom stereocenters. The minimum absolute atomic E-state index is 0.0553. The molecule has 0 spiro atoms. The first-order valence-corrected chi connectivity index (χ1v) is 10.7. The van der Waals surface area contributed by atoms with Crippen molar-refractivity contribution >= 4 is 38.3 Å². The molecule has 0 bridgehead atoms. The molecule has 1 aliphatic rings. The summed E-state index contributed by atoms with van der Waals surface area (Å²) in [5.41, 5.74) is 0. The standard InChI is InChI=1S/C16H22INO4S/c1-2-3-9-18(13-8-10-23(20,21)12-13)16(19)11-22-15-7-5-4-6-14(15)17/h4-7,13H,2-3,8-12H2,1H3. The van der Waals surface area contributed by atoms with Crippen LogP contribution in [0.15, 0.2) is 24.3 Å². The first-order valence-electron chi connectivity index (χ1n) is 7.80. The average Bonchev–Trinajstić information content (AvgIpc) is 2.87. The van der Waals surface area contributed by atoms with Crippen LogP contribution in [0.3, 0.4) is 0 Å². The van der Waals surface area contributed by atoms with Crippen molar-refractivity contribution in [2.45, 2.75) is 32.2 Å². The van der Waals surface area contributed by atoms with E-state index in [9.17, 15) is 13.2 Å². The van der Waals surface area contributed by atoms with Crippen molar-refractivity contribution in [3.8, 4) is 5.75 Å². The minimum atomic E-state index is -3.01. The van der Waals surface area contributed by atoms with Crippen LogP contribution in [0.25, 0.3) is 0 Å². The van der Waals surface area contributed by atoms with Gasteiger partial charge in [-0.25, -0.2) is 8.42 Å². The SMILES string of the molecule is CCCCN(C(=O)COc1ccccc1I)C1CCS(=O)(=O)C1. The molecule has 0 saturated carbocycles. The Labute approximate surface area is 151 Å². The highest BCUT2D eigenvalue weighted by molar-refractivity contribution is 14.1. The molecule has 5 nitrogen and oxygen atoms in total. The Morgan fingerprint density at radius 2 is 2.13 bits per heavy atom. The lowest BCUT2D eigenvalue weighted by atomic mass is 10.2. The molecule has 0 aliphatic carbocycles. The van der Waals surface area contributed by atoms with Gasteiger partial charge in [-0.15, -0.1) is 0 Å². The Hall–Kier alpha value is -0.830. The predicted molar refractivity (Wildman–Crippen MR) is 98.3 cm³/mol. The Bertz CT molecular complexity index is 647. The second kappa shape index (κ2) is 8.32. The number of ether oxygens (including phenoxy) is 1. The maximum absolute atomic E-state index is 12.5. The third-order valence-electron chi connectivity index (χ3n) is 3.91. The molecule has 1 aromatic rings. The van der Waals surface area contributed by atoms with Gasteiger partial charge in [-0.1, -0.05) is 25.5 Å². The molecule has 0 N–H and O–H groups in total. The van der Waals surface area contributed by atoms with E-state index in [1.54, 1.807) is 4.90 Å². The molecular formula is C16H22INO4S. The molecule has 1 fully saturated rings. The summed E-state index contributed by atoms with van der Waals surface area (Å²) in [5.74, 6) is 0.784. The number of rotatable bonds is 7. The highest BCUT2D eigenvalue weighted by atomic mass is 127. The predicted octanol–water partition coefficient (Wildman–Crippen LogP) is 2.49. The van der Waals surface area contributed by atoms with E-state index in [-0.39, 0.29) is 30.1 Å². The molecule has 0 radical (unpaired) electrons. The smallest absolute Gasteiger partial charge is 0.260 e. The largest absolute Gasteiger partial charge is 0.483 e. The number of halogens is 1. The highest BCUT2D eigenvalue weighted by Gasteiger charge is 2.34. The van der Waals surface area contributed by atoms with Crippen LogP contribution in [-0.2, 0) is 14.6 Å². The van der Waals surface area contributed by atoms with Crippen molar-refractivity contribution in [1.82, 2.24) is 4.90 Å². The van der Waals surface area contributed by atoms with Crippen LogP contribution in [0.2, 0.25) is 0 Å². The zero-order chi connectivity index (χ0) is 16.9. The fraction of sp³-hybridized carbons (Fsp3) is 0.562. The van der Waals surface area contributed by atoms with Gasteiger partial charge in [0.05, 0.1) is 15.1 Å². The quantitative estimate of drug-likeness (QED) is 0.598. The zero-order valence-corrected chi connectivity index (χ0v) is 16.2. The van der Waals surface area contributed by atoms with E-state index in [1.165, 1.54) is 0 Å². The topological polar surface area (TPSA) is 63.7 Å². The summed E-state index contributed by atoms with van der Waals surface area (Å²) in [6, 6.07) is 7.30. The number of amides is 1. The molecule has 1 unspecified atom stereocenters. The van der Waals surface area contributed by atoms with Crippen molar-refractivity contribution in [1.29, 1.82) is 0 Å².